The SMILES string of the molecule is CCOc1ccc(C(Nc2ccc(C(=N)N)c(OC(=O)C(F)(F)F)c2)c2nn(-c3ncccn3)c(=O)[nH]2)cc1OC. The Morgan fingerprint density at radius 1 is 1.15 bits per heavy atom. The first-order valence-corrected chi connectivity index (χ1v) is 11.8. The number of hydrogen-bond donors (Lipinski definition) is 4. The van der Waals surface area contributed by atoms with Crippen molar-refractivity contribution in [2.45, 2.75) is 19.1 Å². The first-order valence-electron chi connectivity index (χ1n) is 11.8. The van der Waals surface area contributed by atoms with E-state index in [0.717, 1.165) is 10.7 Å². The molecule has 1 unspecified atom stereocenters. The van der Waals surface area contributed by atoms with Crippen molar-refractivity contribution in [3.8, 4) is 23.2 Å². The van der Waals surface area contributed by atoms with Gasteiger partial charge in [-0.3, -0.25) is 10.4 Å². The van der Waals surface area contributed by atoms with Crippen LogP contribution in [0.25, 0.3) is 5.95 Å². The fraction of sp³-hybridized carbons (Fsp3) is 0.200. The van der Waals surface area contributed by atoms with Crippen molar-refractivity contribution >= 4 is 17.5 Å². The molecule has 0 aliphatic carbocycles. The lowest BCUT2D eigenvalue weighted by atomic mass is 10.0. The van der Waals surface area contributed by atoms with Crippen molar-refractivity contribution in [2.75, 3.05) is 19.0 Å². The highest BCUT2D eigenvalue weighted by Gasteiger charge is 2.42. The molecule has 4 rings (SSSR count). The Bertz CT molecular complexity index is 1620. The van der Waals surface area contributed by atoms with Gasteiger partial charge in [0, 0.05) is 24.1 Å². The van der Waals surface area contributed by atoms with Crippen LogP contribution in [-0.2, 0) is 4.79 Å². The maximum atomic E-state index is 12.9. The van der Waals surface area contributed by atoms with Gasteiger partial charge in [-0.25, -0.2) is 19.6 Å². The molecule has 2 heterocycles. The van der Waals surface area contributed by atoms with Gasteiger partial charge in [-0.15, -0.1) is 9.78 Å². The lowest BCUT2D eigenvalue weighted by Gasteiger charge is -2.21. The molecular formula is C25H23F3N8O5. The van der Waals surface area contributed by atoms with E-state index >= 15 is 0 Å². The van der Waals surface area contributed by atoms with Crippen LogP contribution in [-0.4, -0.2) is 56.4 Å². The van der Waals surface area contributed by atoms with Crippen LogP contribution in [0.1, 0.15) is 29.9 Å². The van der Waals surface area contributed by atoms with Crippen LogP contribution in [0.15, 0.2) is 59.7 Å². The van der Waals surface area contributed by atoms with Crippen LogP contribution in [0.3, 0.4) is 0 Å². The Hall–Kier alpha value is -5.41. The van der Waals surface area contributed by atoms with Gasteiger partial charge in [0.05, 0.1) is 19.3 Å². The maximum absolute atomic E-state index is 12.9. The molecule has 0 saturated carbocycles. The molecule has 41 heavy (non-hydrogen) atoms. The second-order valence-corrected chi connectivity index (χ2v) is 8.21. The molecule has 1 atom stereocenters. The molecule has 0 saturated heterocycles. The highest BCUT2D eigenvalue weighted by atomic mass is 19.4. The summed E-state index contributed by atoms with van der Waals surface area (Å²) in [6, 6.07) is 9.20. The number of nitrogens with one attached hydrogen (secondary N) is 3. The number of carbonyl (C=O) groups excluding carboxylic acids is 1. The molecule has 0 spiro atoms. The smallest absolute Gasteiger partial charge is 0.491 e. The van der Waals surface area contributed by atoms with Gasteiger partial charge in [0.15, 0.2) is 17.3 Å². The summed E-state index contributed by atoms with van der Waals surface area (Å²) in [7, 11) is 1.44. The van der Waals surface area contributed by atoms with Gasteiger partial charge in [-0.1, -0.05) is 6.07 Å². The van der Waals surface area contributed by atoms with Crippen molar-refractivity contribution in [3.63, 3.8) is 0 Å². The number of rotatable bonds is 10. The highest BCUT2D eigenvalue weighted by Crippen LogP contribution is 2.34. The van der Waals surface area contributed by atoms with E-state index in [9.17, 15) is 22.8 Å². The summed E-state index contributed by atoms with van der Waals surface area (Å²) in [6.45, 7) is 2.17. The second kappa shape index (κ2) is 11.8. The molecule has 4 aromatic rings. The fourth-order valence-corrected chi connectivity index (χ4v) is 3.70. The number of nitrogens with zero attached hydrogens (tertiary/aromatic N) is 4. The van der Waals surface area contributed by atoms with Gasteiger partial charge in [0.1, 0.15) is 17.6 Å². The van der Waals surface area contributed by atoms with E-state index in [4.69, 9.17) is 20.6 Å². The Morgan fingerprint density at radius 3 is 2.51 bits per heavy atom. The number of anilines is 1. The molecule has 13 nitrogen and oxygen atoms in total. The summed E-state index contributed by atoms with van der Waals surface area (Å²) in [6.07, 6.45) is -2.43. The van der Waals surface area contributed by atoms with Gasteiger partial charge >= 0.3 is 17.8 Å². The summed E-state index contributed by atoms with van der Waals surface area (Å²) in [5, 5.41) is 15.0. The fourth-order valence-electron chi connectivity index (χ4n) is 3.70. The number of hydrogen-bond acceptors (Lipinski definition) is 10. The number of benzene rings is 2. The summed E-state index contributed by atoms with van der Waals surface area (Å²) in [4.78, 5) is 35.0. The van der Waals surface area contributed by atoms with Crippen LogP contribution in [0.2, 0.25) is 0 Å². The minimum absolute atomic E-state index is 0.00446. The lowest BCUT2D eigenvalue weighted by molar-refractivity contribution is -0.189. The summed E-state index contributed by atoms with van der Waals surface area (Å²) < 4.78 is 55.2. The summed E-state index contributed by atoms with van der Waals surface area (Å²) in [5.74, 6) is -2.86. The van der Waals surface area contributed by atoms with Crippen molar-refractivity contribution in [3.05, 3.63) is 82.3 Å². The molecule has 5 N–H and O–H groups in total. The largest absolute Gasteiger partial charge is 0.493 e. The molecule has 0 aliphatic heterocycles. The molecule has 214 valence electrons. The van der Waals surface area contributed by atoms with Gasteiger partial charge in [-0.05, 0) is 42.8 Å². The van der Waals surface area contributed by atoms with E-state index in [0.29, 0.717) is 23.7 Å². The first kappa shape index (κ1) is 28.6. The number of halogens is 3. The summed E-state index contributed by atoms with van der Waals surface area (Å²) >= 11 is 0. The Kier molecular flexibility index (Phi) is 8.21. The lowest BCUT2D eigenvalue weighted by Crippen LogP contribution is -2.29. The normalized spacial score (nSPS) is 11.9. The van der Waals surface area contributed by atoms with Crippen LogP contribution in [0.4, 0.5) is 18.9 Å². The van der Waals surface area contributed by atoms with E-state index in [1.54, 1.807) is 31.2 Å². The number of amidine groups is 1. The number of esters is 1. The molecule has 0 radical (unpaired) electrons. The van der Waals surface area contributed by atoms with Gasteiger partial charge in [0.25, 0.3) is 5.95 Å². The molecule has 0 amide bonds. The zero-order valence-electron chi connectivity index (χ0n) is 21.5. The number of nitrogens with two attached hydrogens (primary N) is 1. The predicted molar refractivity (Wildman–Crippen MR) is 139 cm³/mol. The van der Waals surface area contributed by atoms with Crippen LogP contribution in [0, 0.1) is 5.41 Å². The number of aromatic amines is 1. The van der Waals surface area contributed by atoms with Crippen molar-refractivity contribution < 1.29 is 32.2 Å². The van der Waals surface area contributed by atoms with Gasteiger partial charge in [-0.2, -0.15) is 13.2 Å². The number of alkyl halides is 3. The first-order chi connectivity index (χ1) is 19.5. The number of carbonyl (C=O) groups is 1. The van der Waals surface area contributed by atoms with Crippen LogP contribution >= 0.6 is 0 Å². The third-order valence-electron chi connectivity index (χ3n) is 5.49. The highest BCUT2D eigenvalue weighted by molar-refractivity contribution is 5.99. The molecule has 0 aliphatic rings. The monoisotopic (exact) mass is 572 g/mol. The topological polar surface area (TPSA) is 183 Å². The Balaban J connectivity index is 1.81. The number of ether oxygens (including phenoxy) is 3. The van der Waals surface area contributed by atoms with Crippen LogP contribution < -0.4 is 31.0 Å². The number of nitrogen functional groups attached to an aromatic ring is 1. The molecule has 0 bridgehead atoms. The number of methoxy groups -OCH3 is 1. The third-order valence-corrected chi connectivity index (χ3v) is 5.49. The quantitative estimate of drug-likeness (QED) is 0.0954. The van der Waals surface area contributed by atoms with Crippen molar-refractivity contribution in [1.29, 1.82) is 5.41 Å². The van der Waals surface area contributed by atoms with Crippen molar-refractivity contribution in [2.24, 2.45) is 5.73 Å². The Labute approximate surface area is 229 Å². The zero-order chi connectivity index (χ0) is 29.7. The molecule has 16 heteroatoms. The average Bonchev–Trinajstić information content (AvgIpc) is 3.33. The zero-order valence-corrected chi connectivity index (χ0v) is 21.5. The second-order valence-electron chi connectivity index (χ2n) is 8.21. The van der Waals surface area contributed by atoms with E-state index in [-0.39, 0.29) is 23.0 Å². The molecular weight excluding hydrogens is 549 g/mol. The molecule has 2 aromatic heterocycles. The Morgan fingerprint density at radius 2 is 1.88 bits per heavy atom. The standard InChI is InChI=1S/C25H23F3N8O5/c1-3-40-16-8-5-13(11-18(16)39-2)19(21-34-24(38)36(35-21)23-31-9-4-10-32-23)33-14-6-7-15(20(29)30)17(12-14)41-22(37)25(26,27)28/h4-12,19,33H,3H2,1-2H3,(H3,29,30)(H,34,35,38). The predicted octanol–water partition coefficient (Wildman–Crippen LogP) is 2.71. The molecule has 2 aromatic carbocycles. The van der Waals surface area contributed by atoms with E-state index in [1.165, 1.54) is 31.6 Å². The van der Waals surface area contributed by atoms with E-state index in [1.807, 2.05) is 0 Å². The average molecular weight is 573 g/mol. The minimum atomic E-state index is -5.29. The number of H-pyrrole nitrogens is 1. The third kappa shape index (κ3) is 6.43. The van der Waals surface area contributed by atoms with Crippen LogP contribution in [0.5, 0.6) is 17.2 Å². The van der Waals surface area contributed by atoms with E-state index < -0.39 is 35.5 Å². The maximum Gasteiger partial charge on any atom is 0.491 e. The van der Waals surface area contributed by atoms with Gasteiger partial charge < -0.3 is 25.3 Å². The minimum Gasteiger partial charge on any atom is -0.493 e. The van der Waals surface area contributed by atoms with E-state index in [2.05, 4.69) is 30.1 Å². The van der Waals surface area contributed by atoms with Gasteiger partial charge in [0.2, 0.25) is 0 Å². The number of aromatic nitrogens is 5. The van der Waals surface area contributed by atoms with Crippen molar-refractivity contribution in [1.82, 2.24) is 24.7 Å². The summed E-state index contributed by atoms with van der Waals surface area (Å²) in [5.41, 5.74) is 5.19. The molecule has 0 fully saturated rings.